The lowest BCUT2D eigenvalue weighted by atomic mass is 9.97. The molecule has 8 nitrogen and oxygen atoms in total. The van der Waals surface area contributed by atoms with Gasteiger partial charge in [-0.05, 0) is 49.2 Å². The normalized spacial score (nSPS) is 17.6. The van der Waals surface area contributed by atoms with Crippen molar-refractivity contribution < 1.29 is 27.5 Å². The van der Waals surface area contributed by atoms with Gasteiger partial charge in [-0.25, -0.2) is 13.1 Å². The van der Waals surface area contributed by atoms with Gasteiger partial charge in [0.2, 0.25) is 10.0 Å². The standard InChI is InChI=1S/C18H20N2O6S/c21-17(20-9-1-3-14(12-20)18(22)23)13-5-7-16(8-6-13)27(24,25)19-11-15-4-2-10-26-15/h2,4-8,10,14,19H,1,3,9,11-12H2,(H,22,23)/t14-/m0/s1. The van der Waals surface area contributed by atoms with Crippen molar-refractivity contribution in [3.05, 3.63) is 54.0 Å². The molecule has 9 heteroatoms. The number of carboxylic acids is 1. The summed E-state index contributed by atoms with van der Waals surface area (Å²) in [5.41, 5.74) is 0.325. The largest absolute Gasteiger partial charge is 0.481 e. The lowest BCUT2D eigenvalue weighted by molar-refractivity contribution is -0.143. The SMILES string of the molecule is O=C(O)[C@H]1CCCN(C(=O)c2ccc(S(=O)(=O)NCc3ccco3)cc2)C1. The summed E-state index contributed by atoms with van der Waals surface area (Å²) in [6.45, 7) is 0.687. The minimum absolute atomic E-state index is 0.0281. The second-order valence-electron chi connectivity index (χ2n) is 6.36. The average molecular weight is 392 g/mol. The van der Waals surface area contributed by atoms with E-state index in [9.17, 15) is 18.0 Å². The molecular weight excluding hydrogens is 372 g/mol. The fourth-order valence-electron chi connectivity index (χ4n) is 2.99. The molecule has 1 atom stereocenters. The zero-order valence-electron chi connectivity index (χ0n) is 14.5. The number of benzene rings is 1. The predicted molar refractivity (Wildman–Crippen MR) is 95.4 cm³/mol. The maximum atomic E-state index is 12.6. The zero-order valence-corrected chi connectivity index (χ0v) is 15.3. The van der Waals surface area contributed by atoms with Crippen LogP contribution in [-0.4, -0.2) is 43.4 Å². The topological polar surface area (TPSA) is 117 Å². The van der Waals surface area contributed by atoms with Crippen LogP contribution in [0, 0.1) is 5.92 Å². The van der Waals surface area contributed by atoms with E-state index in [0.29, 0.717) is 30.7 Å². The molecule has 0 unspecified atom stereocenters. The summed E-state index contributed by atoms with van der Waals surface area (Å²) >= 11 is 0. The first-order valence-electron chi connectivity index (χ1n) is 8.51. The number of sulfonamides is 1. The van der Waals surface area contributed by atoms with E-state index in [1.807, 2.05) is 0 Å². The van der Waals surface area contributed by atoms with Crippen LogP contribution in [0.5, 0.6) is 0 Å². The Morgan fingerprint density at radius 3 is 2.59 bits per heavy atom. The molecule has 1 aliphatic rings. The molecule has 144 valence electrons. The van der Waals surface area contributed by atoms with Crippen molar-refractivity contribution in [2.75, 3.05) is 13.1 Å². The molecular formula is C18H20N2O6S. The minimum Gasteiger partial charge on any atom is -0.481 e. The van der Waals surface area contributed by atoms with E-state index in [0.717, 1.165) is 0 Å². The highest BCUT2D eigenvalue weighted by molar-refractivity contribution is 7.89. The Kier molecular flexibility index (Phi) is 5.62. The average Bonchev–Trinajstić information content (AvgIpc) is 3.20. The van der Waals surface area contributed by atoms with Crippen molar-refractivity contribution in [1.82, 2.24) is 9.62 Å². The molecule has 1 aromatic carbocycles. The number of furan rings is 1. The van der Waals surface area contributed by atoms with Crippen molar-refractivity contribution in [2.24, 2.45) is 5.92 Å². The monoisotopic (exact) mass is 392 g/mol. The van der Waals surface area contributed by atoms with Crippen LogP contribution >= 0.6 is 0 Å². The molecule has 1 saturated heterocycles. The van der Waals surface area contributed by atoms with E-state index >= 15 is 0 Å². The Morgan fingerprint density at radius 1 is 1.22 bits per heavy atom. The molecule has 2 N–H and O–H groups in total. The van der Waals surface area contributed by atoms with Crippen molar-refractivity contribution in [1.29, 1.82) is 0 Å². The van der Waals surface area contributed by atoms with E-state index < -0.39 is 21.9 Å². The third-order valence-corrected chi connectivity index (χ3v) is 5.90. The smallest absolute Gasteiger partial charge is 0.308 e. The number of nitrogens with one attached hydrogen (secondary N) is 1. The van der Waals surface area contributed by atoms with E-state index in [2.05, 4.69) is 4.72 Å². The highest BCUT2D eigenvalue weighted by Crippen LogP contribution is 2.20. The van der Waals surface area contributed by atoms with Crippen LogP contribution in [0.3, 0.4) is 0 Å². The molecule has 2 aromatic rings. The quantitative estimate of drug-likeness (QED) is 0.773. The summed E-state index contributed by atoms with van der Waals surface area (Å²) < 4.78 is 32.1. The summed E-state index contributed by atoms with van der Waals surface area (Å²) in [7, 11) is -3.74. The van der Waals surface area contributed by atoms with E-state index in [-0.39, 0.29) is 23.9 Å². The highest BCUT2D eigenvalue weighted by Gasteiger charge is 2.28. The van der Waals surface area contributed by atoms with Crippen LogP contribution in [0.2, 0.25) is 0 Å². The van der Waals surface area contributed by atoms with Crippen LogP contribution in [-0.2, 0) is 21.4 Å². The van der Waals surface area contributed by atoms with Crippen LogP contribution in [0.1, 0.15) is 29.0 Å². The molecule has 0 aliphatic carbocycles. The summed E-state index contributed by atoms with van der Waals surface area (Å²) in [6.07, 6.45) is 2.64. The molecule has 1 fully saturated rings. The number of piperidine rings is 1. The van der Waals surface area contributed by atoms with Gasteiger partial charge >= 0.3 is 5.97 Å². The van der Waals surface area contributed by atoms with E-state index in [1.54, 1.807) is 12.1 Å². The second-order valence-corrected chi connectivity index (χ2v) is 8.12. The van der Waals surface area contributed by atoms with E-state index in [1.165, 1.54) is 35.4 Å². The molecule has 1 aromatic heterocycles. The van der Waals surface area contributed by atoms with Crippen LogP contribution in [0.4, 0.5) is 0 Å². The van der Waals surface area contributed by atoms with E-state index in [4.69, 9.17) is 9.52 Å². The molecule has 1 amide bonds. The van der Waals surface area contributed by atoms with Crippen LogP contribution in [0.15, 0.2) is 52.0 Å². The van der Waals surface area contributed by atoms with Gasteiger partial charge in [-0.15, -0.1) is 0 Å². The zero-order chi connectivity index (χ0) is 19.4. The first kappa shape index (κ1) is 19.1. The van der Waals surface area contributed by atoms with Gasteiger partial charge in [-0.3, -0.25) is 9.59 Å². The lowest BCUT2D eigenvalue weighted by Gasteiger charge is -2.30. The fraction of sp³-hybridized carbons (Fsp3) is 0.333. The van der Waals surface area contributed by atoms with Gasteiger partial charge in [0.05, 0.1) is 23.6 Å². The molecule has 2 heterocycles. The third-order valence-electron chi connectivity index (χ3n) is 4.49. The molecule has 3 rings (SSSR count). The van der Waals surface area contributed by atoms with Gasteiger partial charge in [0, 0.05) is 18.7 Å². The van der Waals surface area contributed by atoms with Crippen molar-refractivity contribution in [2.45, 2.75) is 24.3 Å². The first-order valence-corrected chi connectivity index (χ1v) is 9.99. The number of carboxylic acid groups (broad SMARTS) is 1. The maximum absolute atomic E-state index is 12.6. The number of aliphatic carboxylic acids is 1. The van der Waals surface area contributed by atoms with Gasteiger partial charge < -0.3 is 14.4 Å². The lowest BCUT2D eigenvalue weighted by Crippen LogP contribution is -2.42. The predicted octanol–water partition coefficient (Wildman–Crippen LogP) is 1.69. The Morgan fingerprint density at radius 2 is 1.96 bits per heavy atom. The van der Waals surface area contributed by atoms with Crippen molar-refractivity contribution >= 4 is 21.9 Å². The number of hydrogen-bond acceptors (Lipinski definition) is 5. The van der Waals surface area contributed by atoms with Crippen molar-refractivity contribution in [3.63, 3.8) is 0 Å². The van der Waals surface area contributed by atoms with Gasteiger partial charge in [0.25, 0.3) is 5.91 Å². The second kappa shape index (κ2) is 7.93. The number of amides is 1. The van der Waals surface area contributed by atoms with Crippen LogP contribution in [0.25, 0.3) is 0 Å². The maximum Gasteiger partial charge on any atom is 0.308 e. The Hall–Kier alpha value is -2.65. The number of likely N-dealkylation sites (tertiary alicyclic amines) is 1. The molecule has 0 bridgehead atoms. The number of rotatable bonds is 6. The third kappa shape index (κ3) is 4.55. The number of carbonyl (C=O) groups excluding carboxylic acids is 1. The van der Waals surface area contributed by atoms with Crippen LogP contribution < -0.4 is 4.72 Å². The molecule has 27 heavy (non-hydrogen) atoms. The van der Waals surface area contributed by atoms with Crippen molar-refractivity contribution in [3.8, 4) is 0 Å². The summed E-state index contributed by atoms with van der Waals surface area (Å²) in [4.78, 5) is 25.2. The summed E-state index contributed by atoms with van der Waals surface area (Å²) in [6, 6.07) is 8.92. The first-order chi connectivity index (χ1) is 12.9. The van der Waals surface area contributed by atoms with Gasteiger partial charge in [-0.1, -0.05) is 0 Å². The number of hydrogen-bond donors (Lipinski definition) is 2. The van der Waals surface area contributed by atoms with Gasteiger partial charge in [0.15, 0.2) is 0 Å². The summed E-state index contributed by atoms with van der Waals surface area (Å²) in [5.74, 6) is -1.28. The molecule has 0 saturated carbocycles. The molecule has 1 aliphatic heterocycles. The number of carbonyl (C=O) groups is 2. The highest BCUT2D eigenvalue weighted by atomic mass is 32.2. The Bertz CT molecular complexity index is 906. The van der Waals surface area contributed by atoms with Gasteiger partial charge in [-0.2, -0.15) is 0 Å². The Labute approximate surface area is 156 Å². The Balaban J connectivity index is 1.67. The fourth-order valence-corrected chi connectivity index (χ4v) is 3.98. The minimum atomic E-state index is -3.74. The van der Waals surface area contributed by atoms with Gasteiger partial charge in [0.1, 0.15) is 5.76 Å². The number of nitrogens with zero attached hydrogens (tertiary/aromatic N) is 1. The summed E-state index contributed by atoms with van der Waals surface area (Å²) in [5, 5.41) is 9.14. The molecule has 0 spiro atoms. The molecule has 0 radical (unpaired) electrons.